The van der Waals surface area contributed by atoms with Gasteiger partial charge in [0.15, 0.2) is 11.5 Å². The van der Waals surface area contributed by atoms with Gasteiger partial charge >= 0.3 is 0 Å². The average Bonchev–Trinajstić information content (AvgIpc) is 2.32. The fourth-order valence-electron chi connectivity index (χ4n) is 2.02. The second kappa shape index (κ2) is 5.14. The predicted molar refractivity (Wildman–Crippen MR) is 63.6 cm³/mol. The van der Waals surface area contributed by atoms with Crippen LogP contribution in [-0.4, -0.2) is 26.2 Å². The normalized spacial score (nSPS) is 10.8. The van der Waals surface area contributed by atoms with Crippen molar-refractivity contribution in [2.45, 2.75) is 27.7 Å². The first kappa shape index (κ1) is 12.7. The summed E-state index contributed by atoms with van der Waals surface area (Å²) in [6.07, 6.45) is 0. The molecule has 1 aromatic rings. The molecule has 16 heavy (non-hydrogen) atoms. The average molecular weight is 224 g/mol. The van der Waals surface area contributed by atoms with E-state index in [0.29, 0.717) is 37.6 Å². The van der Waals surface area contributed by atoms with Gasteiger partial charge in [-0.1, -0.05) is 0 Å². The number of hydrogen-bond donors (Lipinski definition) is 0. The fraction of sp³-hybridized carbons (Fsp3) is 0.667. The maximum Gasteiger partial charge on any atom is 0.251 e. The molecule has 4 heteroatoms. The number of hydrogen-bond acceptors (Lipinski definition) is 4. The minimum Gasteiger partial charge on any atom is -0.790 e. The molecule has 0 aliphatic rings. The lowest BCUT2D eigenvalue weighted by Crippen LogP contribution is -2.32. The fourth-order valence-corrected chi connectivity index (χ4v) is 2.02. The summed E-state index contributed by atoms with van der Waals surface area (Å²) in [5.41, 5.74) is 0.735. The monoisotopic (exact) mass is 224 g/mol. The van der Waals surface area contributed by atoms with E-state index in [1.54, 1.807) is 0 Å². The third-order valence-corrected chi connectivity index (χ3v) is 3.02. The Morgan fingerprint density at radius 2 is 1.50 bits per heavy atom. The molecule has 1 aromatic carbocycles. The third kappa shape index (κ3) is 1.84. The third-order valence-electron chi connectivity index (χ3n) is 3.02. The van der Waals surface area contributed by atoms with Gasteiger partial charge in [-0.2, -0.15) is 0 Å². The Balaban J connectivity index is 2.97. The molecule has 1 rings (SSSR count). The number of rotatable bonds is 6. The highest BCUT2D eigenvalue weighted by molar-refractivity contribution is 5.91. The highest BCUT2D eigenvalue weighted by Gasteiger charge is 2.35. The summed E-state index contributed by atoms with van der Waals surface area (Å²) in [5.74, 6) is -0.171. The van der Waals surface area contributed by atoms with Crippen LogP contribution in [-0.2, 0) is 0 Å². The van der Waals surface area contributed by atoms with Gasteiger partial charge in [0.2, 0.25) is 0 Å². The molecule has 0 saturated carbocycles. The van der Waals surface area contributed by atoms with Crippen LogP contribution in [0.3, 0.4) is 0 Å². The van der Waals surface area contributed by atoms with Gasteiger partial charge < -0.3 is 10.2 Å². The zero-order valence-electron chi connectivity index (χ0n) is 10.5. The summed E-state index contributed by atoms with van der Waals surface area (Å²) >= 11 is 0. The van der Waals surface area contributed by atoms with Gasteiger partial charge in [0, 0.05) is 26.2 Å². The molecule has 0 spiro atoms. The van der Waals surface area contributed by atoms with E-state index in [1.807, 2.05) is 37.5 Å². The van der Waals surface area contributed by atoms with Gasteiger partial charge in [-0.25, -0.2) is 0 Å². The van der Waals surface area contributed by atoms with Gasteiger partial charge in [0.05, 0.1) is 0 Å². The largest absolute Gasteiger partial charge is 0.790 e. The SMILES string of the molecule is CCN(CC)c1c([O-])[c+](N(CC)CC)[c+]1[O-]. The molecule has 0 aromatic heterocycles. The molecule has 0 unspecified atom stereocenters. The molecule has 0 heterocycles. The maximum atomic E-state index is 11.9. The van der Waals surface area contributed by atoms with Gasteiger partial charge in [0.1, 0.15) is 0 Å². The molecule has 0 bridgehead atoms. The van der Waals surface area contributed by atoms with Crippen molar-refractivity contribution >= 4 is 11.4 Å². The van der Waals surface area contributed by atoms with Crippen molar-refractivity contribution in [3.63, 3.8) is 0 Å². The summed E-state index contributed by atoms with van der Waals surface area (Å²) in [4.78, 5) is 3.66. The molecular formula is C12H20N2O2. The number of nitrogens with zero attached hydrogens (tertiary/aromatic N) is 2. The van der Waals surface area contributed by atoms with E-state index >= 15 is 0 Å². The van der Waals surface area contributed by atoms with Crippen molar-refractivity contribution in [3.05, 3.63) is 0 Å². The Labute approximate surface area is 97.4 Å². The highest BCUT2D eigenvalue weighted by atomic mass is 16.3. The lowest BCUT2D eigenvalue weighted by Gasteiger charge is -2.29. The van der Waals surface area contributed by atoms with E-state index in [2.05, 4.69) is 0 Å². The van der Waals surface area contributed by atoms with Gasteiger partial charge in [-0.05, 0) is 27.7 Å². The van der Waals surface area contributed by atoms with Crippen molar-refractivity contribution in [2.24, 2.45) is 0 Å². The molecule has 0 amide bonds. The van der Waals surface area contributed by atoms with Gasteiger partial charge in [0.25, 0.3) is 11.4 Å². The van der Waals surface area contributed by atoms with Gasteiger partial charge in [-0.15, -0.1) is 0 Å². The van der Waals surface area contributed by atoms with Crippen molar-refractivity contribution in [2.75, 3.05) is 36.0 Å². The molecule has 0 radical (unpaired) electrons. The standard InChI is InChI=1S/C12H20N2O2/c1-5-13(6-2)9-11(15)10(12(9)16)14(7-3)8-4/h5-8H2,1-4H3. The van der Waals surface area contributed by atoms with Crippen LogP contribution in [0.1, 0.15) is 27.7 Å². The molecule has 90 valence electrons. The van der Waals surface area contributed by atoms with E-state index in [0.717, 1.165) is 0 Å². The van der Waals surface area contributed by atoms with Crippen LogP contribution in [0.4, 0.5) is 11.4 Å². The topological polar surface area (TPSA) is 52.6 Å². The first-order valence-corrected chi connectivity index (χ1v) is 5.95. The Morgan fingerprint density at radius 1 is 1.00 bits per heavy atom. The van der Waals surface area contributed by atoms with Crippen LogP contribution in [0.25, 0.3) is 0 Å². The van der Waals surface area contributed by atoms with Crippen molar-refractivity contribution < 1.29 is 10.2 Å². The summed E-state index contributed by atoms with van der Waals surface area (Å²) in [5, 5.41) is 23.8. The zero-order chi connectivity index (χ0) is 12.3. The molecule has 0 aliphatic carbocycles. The summed E-state index contributed by atoms with van der Waals surface area (Å²) in [6.45, 7) is 10.6. The van der Waals surface area contributed by atoms with E-state index in [1.165, 1.54) is 0 Å². The Bertz CT molecular complexity index is 274. The smallest absolute Gasteiger partial charge is 0.251 e. The zero-order valence-corrected chi connectivity index (χ0v) is 10.5. The second-order valence-electron chi connectivity index (χ2n) is 3.70. The van der Waals surface area contributed by atoms with Crippen LogP contribution in [0.2, 0.25) is 0 Å². The minimum atomic E-state index is -0.0857. The van der Waals surface area contributed by atoms with Crippen LogP contribution in [0.5, 0.6) is 11.5 Å². The second-order valence-corrected chi connectivity index (χ2v) is 3.70. The van der Waals surface area contributed by atoms with Crippen molar-refractivity contribution in [3.8, 4) is 11.5 Å². The first-order valence-electron chi connectivity index (χ1n) is 5.95. The maximum absolute atomic E-state index is 11.9. The molecule has 0 saturated heterocycles. The van der Waals surface area contributed by atoms with E-state index in [-0.39, 0.29) is 11.5 Å². The highest BCUT2D eigenvalue weighted by Crippen LogP contribution is 2.52. The minimum absolute atomic E-state index is 0.0857. The van der Waals surface area contributed by atoms with Crippen molar-refractivity contribution in [1.82, 2.24) is 0 Å². The Kier molecular flexibility index (Phi) is 4.10. The Hall–Kier alpha value is -1.32. The van der Waals surface area contributed by atoms with E-state index < -0.39 is 0 Å². The van der Waals surface area contributed by atoms with Crippen LogP contribution in [0.15, 0.2) is 0 Å². The summed E-state index contributed by atoms with van der Waals surface area (Å²) in [6, 6.07) is 0. The predicted octanol–water partition coefficient (Wildman–Crippen LogP) is 0.964. The lowest BCUT2D eigenvalue weighted by atomic mass is 10.1. The van der Waals surface area contributed by atoms with Crippen LogP contribution >= 0.6 is 0 Å². The van der Waals surface area contributed by atoms with Crippen molar-refractivity contribution in [1.29, 1.82) is 0 Å². The summed E-state index contributed by atoms with van der Waals surface area (Å²) in [7, 11) is 0. The first-order chi connectivity index (χ1) is 7.62. The molecule has 4 nitrogen and oxygen atoms in total. The number of anilines is 2. The van der Waals surface area contributed by atoms with Crippen LogP contribution in [0, 0.1) is 0 Å². The quantitative estimate of drug-likeness (QED) is 0.675. The van der Waals surface area contributed by atoms with Gasteiger partial charge in [-0.3, -0.25) is 9.80 Å². The molecule has 0 aliphatic heterocycles. The summed E-state index contributed by atoms with van der Waals surface area (Å²) < 4.78 is 0. The Morgan fingerprint density at radius 3 is 1.81 bits per heavy atom. The molecule has 0 fully saturated rings. The molecule has 0 N–H and O–H groups in total. The van der Waals surface area contributed by atoms with E-state index in [4.69, 9.17) is 0 Å². The molecule has 0 atom stereocenters. The van der Waals surface area contributed by atoms with E-state index in [9.17, 15) is 10.2 Å². The molecular weight excluding hydrogens is 204 g/mol. The lowest BCUT2D eigenvalue weighted by molar-refractivity contribution is -0.288. The van der Waals surface area contributed by atoms with Crippen LogP contribution < -0.4 is 20.0 Å².